The summed E-state index contributed by atoms with van der Waals surface area (Å²) < 4.78 is 5.85. The van der Waals surface area contributed by atoms with Gasteiger partial charge in [-0.2, -0.15) is 11.4 Å². The number of Topliss-reactive ketones (excluding diaryl/α,β-unsaturated/α-hetero) is 2. The number of benzene rings is 8. The van der Waals surface area contributed by atoms with Gasteiger partial charge in [0.2, 0.25) is 11.8 Å². The molecule has 0 aliphatic heterocycles. The van der Waals surface area contributed by atoms with Crippen molar-refractivity contribution in [1.29, 1.82) is 0 Å². The molecule has 13 heteroatoms. The molecule has 0 aliphatic rings. The Bertz CT molecular complexity index is 4120. The van der Waals surface area contributed by atoms with E-state index in [1.165, 1.54) is 25.0 Å². The maximum Gasteiger partial charge on any atom is 2.00 e. The minimum Gasteiger partial charge on any atom is -0.658 e. The monoisotopic (exact) mass is 1760 g/mol. The third-order valence-corrected chi connectivity index (χ3v) is 14.4. The Hall–Kier alpha value is -9.04. The van der Waals surface area contributed by atoms with Crippen LogP contribution in [0.3, 0.4) is 0 Å². The molecule has 4 heterocycles. The minimum atomic E-state index is -0.0410. The van der Waals surface area contributed by atoms with Gasteiger partial charge >= 0.3 is 63.2 Å². The summed E-state index contributed by atoms with van der Waals surface area (Å²) in [6, 6.07) is 96.7. The maximum absolute atomic E-state index is 11.8. The van der Waals surface area contributed by atoms with E-state index in [1.54, 1.807) is 24.3 Å². The van der Waals surface area contributed by atoms with Crippen molar-refractivity contribution in [2.75, 3.05) is 4.90 Å². The van der Waals surface area contributed by atoms with Crippen LogP contribution in [0.4, 0.5) is 40.1 Å². The molecule has 0 amide bonds. The SMILES string of the molecule is CC(=O)c1ccccc1[N-]c1ccccc1[N-]c1ccccc1C(C)=O.CC(C)(C)c1cc(N(c2cccc(-c3[c-]cccc3)n2)c2cccc(-c3[c-]cccc3)n2)cc(C(C)(C)C)c1.[Pt+2].[Pt+2].[Pt+2].[c-]1ccccc1-c1cccc(Oc2cccc(-c3[c-]cccc3)n2)n1. The fourth-order valence-corrected chi connectivity index (χ4v) is 9.60. The van der Waals surface area contributed by atoms with Crippen LogP contribution >= 0.6 is 0 Å². The number of hydrogen-bond donors (Lipinski definition) is 0. The van der Waals surface area contributed by atoms with Gasteiger partial charge in [0.25, 0.3) is 0 Å². The Labute approximate surface area is 590 Å². The van der Waals surface area contributed by atoms with E-state index in [0.29, 0.717) is 45.6 Å². The number of rotatable bonds is 15. The second-order valence-electron chi connectivity index (χ2n) is 23.2. The number of ketones is 2. The van der Waals surface area contributed by atoms with Gasteiger partial charge in [-0.25, -0.2) is 0 Å². The molecule has 12 rings (SSSR count). The van der Waals surface area contributed by atoms with E-state index < -0.39 is 0 Å². The molecule has 0 saturated carbocycles. The van der Waals surface area contributed by atoms with E-state index in [4.69, 9.17) is 14.7 Å². The average molecular weight is 1760 g/mol. The van der Waals surface area contributed by atoms with E-state index in [9.17, 15) is 9.59 Å². The predicted octanol–water partition coefficient (Wildman–Crippen LogP) is 21.4. The molecule has 8 aromatic carbocycles. The molecule has 12 aromatic rings. The first-order chi connectivity index (χ1) is 43.5. The molecule has 0 spiro atoms. The normalized spacial score (nSPS) is 10.6. The van der Waals surface area contributed by atoms with Crippen LogP contribution < -0.4 is 9.64 Å². The summed E-state index contributed by atoms with van der Waals surface area (Å²) in [5.41, 5.74) is 14.3. The molecule has 0 radical (unpaired) electrons. The predicted molar refractivity (Wildman–Crippen MR) is 364 cm³/mol. The van der Waals surface area contributed by atoms with E-state index >= 15 is 0 Å². The van der Waals surface area contributed by atoms with Crippen molar-refractivity contribution in [3.8, 4) is 56.8 Å². The summed E-state index contributed by atoms with van der Waals surface area (Å²) in [6.45, 7) is 16.6. The summed E-state index contributed by atoms with van der Waals surface area (Å²) >= 11 is 0. The topological polar surface area (TPSA) is 126 Å². The van der Waals surface area contributed by atoms with Gasteiger partial charge in [-0.1, -0.05) is 169 Å². The number of carbonyl (C=O) groups excluding carboxylic acids is 2. The number of aromatic nitrogens is 4. The molecule has 10 nitrogen and oxygen atoms in total. The Kier molecular flexibility index (Phi) is 25.7. The van der Waals surface area contributed by atoms with Gasteiger partial charge in [-0.3, -0.25) is 34.4 Å². The van der Waals surface area contributed by atoms with Crippen LogP contribution in [-0.2, 0) is 74.0 Å². The van der Waals surface area contributed by atoms with Gasteiger partial charge in [0.1, 0.15) is 11.6 Å². The number of carbonyl (C=O) groups is 2. The third kappa shape index (κ3) is 19.3. The molecule has 0 fully saturated rings. The number of hydrogen-bond acceptors (Lipinski definition) is 8. The summed E-state index contributed by atoms with van der Waals surface area (Å²) in [5.74, 6) is 2.52. The van der Waals surface area contributed by atoms with Gasteiger partial charge in [0.15, 0.2) is 11.6 Å². The van der Waals surface area contributed by atoms with E-state index in [2.05, 4.69) is 134 Å². The minimum absolute atomic E-state index is 0. The fraction of sp³-hybridized carbons (Fsp3) is 0.125. The Balaban J connectivity index is 0.000000201. The number of para-hydroxylation sites is 4. The van der Waals surface area contributed by atoms with E-state index in [-0.39, 0.29) is 85.6 Å². The number of anilines is 3. The number of ether oxygens (including phenoxy) is 1. The third-order valence-electron chi connectivity index (χ3n) is 14.4. The molecule has 0 N–H and O–H groups in total. The summed E-state index contributed by atoms with van der Waals surface area (Å²) in [6.07, 6.45) is 0. The van der Waals surface area contributed by atoms with Gasteiger partial charge < -0.3 is 15.4 Å². The molecule has 93 heavy (non-hydrogen) atoms. The fourth-order valence-electron chi connectivity index (χ4n) is 9.60. The Morgan fingerprint density at radius 3 is 1.00 bits per heavy atom. The van der Waals surface area contributed by atoms with Crippen LogP contribution in [0, 0.1) is 24.3 Å². The van der Waals surface area contributed by atoms with Gasteiger partial charge in [0.05, 0.1) is 0 Å². The van der Waals surface area contributed by atoms with Gasteiger partial charge in [0, 0.05) is 16.8 Å². The number of pyridine rings is 4. The Morgan fingerprint density at radius 2 is 0.677 bits per heavy atom. The first-order valence-electron chi connectivity index (χ1n) is 29.7. The first kappa shape index (κ1) is 71.4. The quantitative estimate of drug-likeness (QED) is 0.0734. The van der Waals surface area contributed by atoms with Crippen LogP contribution in [-0.4, -0.2) is 31.5 Å². The smallest absolute Gasteiger partial charge is 0.658 e. The van der Waals surface area contributed by atoms with E-state index in [1.807, 2.05) is 194 Å². The standard InChI is InChI=1S/C36H35N3.C22H20N2O2.C22H14N2O.3Pt/c1-35(2,3)28-23-29(36(4,5)6)25-30(24-28)39(33-21-13-19-31(37-33)26-15-9-7-10-16-26)34-22-14-20-32(38-34)27-17-11-8-12-18-27;1-15(25)17-9-3-5-11-19(17)23-21-13-7-8-14-22(21)24-20-12-6-4-10-18(20)16(2)26;1-3-9-17(10-4-1)19-13-7-15-21(23-19)25-22-16-8-14-20(24-22)18-11-5-2-6-12-18;;;/h7-15,17,19-25H,1-6H3;3-14H,1-2H3,(H2,23,24,25,26);1-9,11,13-16H;;;/q-2;;-2;3*+2/p-2. The van der Waals surface area contributed by atoms with Crippen LogP contribution in [0.15, 0.2) is 261 Å². The van der Waals surface area contributed by atoms with Crippen molar-refractivity contribution >= 4 is 51.6 Å². The van der Waals surface area contributed by atoms with Crippen LogP contribution in [0.2, 0.25) is 0 Å². The van der Waals surface area contributed by atoms with E-state index in [0.717, 1.165) is 62.4 Å². The molecule has 470 valence electrons. The summed E-state index contributed by atoms with van der Waals surface area (Å²) in [5, 5.41) is 9.27. The first-order valence-corrected chi connectivity index (χ1v) is 29.7. The van der Waals surface area contributed by atoms with Crippen LogP contribution in [0.25, 0.3) is 55.7 Å². The molecule has 0 atom stereocenters. The summed E-state index contributed by atoms with van der Waals surface area (Å²) in [7, 11) is 0. The largest absolute Gasteiger partial charge is 2.00 e. The van der Waals surface area contributed by atoms with Crippen molar-refractivity contribution in [2.45, 2.75) is 66.2 Å². The molecule has 0 aliphatic carbocycles. The second-order valence-corrected chi connectivity index (χ2v) is 23.2. The molecule has 4 aromatic heterocycles. The van der Waals surface area contributed by atoms with Crippen molar-refractivity contribution in [3.05, 3.63) is 318 Å². The second kappa shape index (κ2) is 33.5. The zero-order chi connectivity index (χ0) is 63.0. The molecule has 0 saturated heterocycles. The zero-order valence-electron chi connectivity index (χ0n) is 52.6. The molecular weight excluding hydrogens is 1690 g/mol. The molecule has 0 bridgehead atoms. The maximum atomic E-state index is 11.8. The summed E-state index contributed by atoms with van der Waals surface area (Å²) in [4.78, 5) is 45.2. The van der Waals surface area contributed by atoms with Crippen molar-refractivity contribution in [3.63, 3.8) is 0 Å². The average Bonchev–Trinajstić information content (AvgIpc) is 0.807. The van der Waals surface area contributed by atoms with Crippen molar-refractivity contribution in [1.82, 2.24) is 19.9 Å². The zero-order valence-corrected chi connectivity index (χ0v) is 59.4. The van der Waals surface area contributed by atoms with Gasteiger partial charge in [-0.05, 0) is 95.0 Å². The Morgan fingerprint density at radius 1 is 0.366 bits per heavy atom. The van der Waals surface area contributed by atoms with Crippen molar-refractivity contribution < 1.29 is 77.5 Å². The van der Waals surface area contributed by atoms with Crippen molar-refractivity contribution in [2.24, 2.45) is 0 Å². The van der Waals surface area contributed by atoms with Crippen LogP contribution in [0.1, 0.15) is 87.2 Å². The van der Waals surface area contributed by atoms with Crippen LogP contribution in [0.5, 0.6) is 11.8 Å². The molecular formula is C80H67N7O3Pt3. The number of nitrogens with zero attached hydrogens (tertiary/aromatic N) is 7. The molecule has 0 unspecified atom stereocenters. The van der Waals surface area contributed by atoms with Gasteiger partial charge in [-0.15, -0.1) is 155 Å².